The number of benzene rings is 1. The summed E-state index contributed by atoms with van der Waals surface area (Å²) in [6.07, 6.45) is 5.39. The monoisotopic (exact) mass is 288 g/mol. The van der Waals surface area contributed by atoms with E-state index in [2.05, 4.69) is 38.1 Å². The minimum Gasteiger partial charge on any atom is -0.339 e. The van der Waals surface area contributed by atoms with E-state index in [0.717, 1.165) is 25.7 Å². The van der Waals surface area contributed by atoms with Crippen LogP contribution in [0.15, 0.2) is 24.3 Å². The Hall–Kier alpha value is -1.35. The number of carbonyl (C=O) groups excluding carboxylic acids is 1. The maximum absolute atomic E-state index is 12.8. The summed E-state index contributed by atoms with van der Waals surface area (Å²) in [5.74, 6) is 0.197. The predicted molar refractivity (Wildman–Crippen MR) is 86.9 cm³/mol. The summed E-state index contributed by atoms with van der Waals surface area (Å²) in [6.45, 7) is 4.17. The predicted octanol–water partition coefficient (Wildman–Crippen LogP) is 3.42. The Morgan fingerprint density at radius 2 is 1.81 bits per heavy atom. The van der Waals surface area contributed by atoms with Gasteiger partial charge in [0.05, 0.1) is 12.0 Å². The zero-order valence-electron chi connectivity index (χ0n) is 13.5. The van der Waals surface area contributed by atoms with E-state index in [1.165, 1.54) is 17.5 Å². The number of nitrogens with two attached hydrogens (primary N) is 1. The molecule has 3 unspecified atom stereocenters. The van der Waals surface area contributed by atoms with Crippen molar-refractivity contribution in [1.82, 2.24) is 4.90 Å². The molecule has 0 heterocycles. The largest absolute Gasteiger partial charge is 0.339 e. The average Bonchev–Trinajstić information content (AvgIpc) is 2.70. The van der Waals surface area contributed by atoms with E-state index in [0.29, 0.717) is 0 Å². The maximum atomic E-state index is 12.8. The fraction of sp³-hybridized carbons (Fsp3) is 0.611. The van der Waals surface area contributed by atoms with Gasteiger partial charge in [0.1, 0.15) is 0 Å². The second-order valence-electron chi connectivity index (χ2n) is 6.44. The fourth-order valence-corrected chi connectivity index (χ4v) is 3.16. The molecule has 3 atom stereocenters. The van der Waals surface area contributed by atoms with Gasteiger partial charge < -0.3 is 10.6 Å². The molecular formula is C18H28N2O. The van der Waals surface area contributed by atoms with Crippen molar-refractivity contribution in [3.8, 4) is 0 Å². The van der Waals surface area contributed by atoms with Crippen LogP contribution in [-0.4, -0.2) is 23.9 Å². The molecule has 1 aromatic rings. The van der Waals surface area contributed by atoms with Crippen LogP contribution in [0.3, 0.4) is 0 Å². The Bertz CT molecular complexity index is 469. The first-order chi connectivity index (χ1) is 10.0. The first-order valence-electron chi connectivity index (χ1n) is 8.09. The van der Waals surface area contributed by atoms with Crippen LogP contribution in [0, 0.1) is 12.8 Å². The van der Waals surface area contributed by atoms with Crippen molar-refractivity contribution < 1.29 is 4.79 Å². The molecule has 0 saturated heterocycles. The molecule has 3 nitrogen and oxygen atoms in total. The Kier molecular flexibility index (Phi) is 5.40. The Labute approximate surface area is 128 Å². The van der Waals surface area contributed by atoms with Crippen molar-refractivity contribution >= 4 is 5.91 Å². The molecule has 116 valence electrons. The van der Waals surface area contributed by atoms with Crippen molar-refractivity contribution in [2.24, 2.45) is 11.7 Å². The van der Waals surface area contributed by atoms with E-state index in [4.69, 9.17) is 5.73 Å². The van der Waals surface area contributed by atoms with Gasteiger partial charge in [0.15, 0.2) is 0 Å². The Balaban J connectivity index is 2.08. The van der Waals surface area contributed by atoms with E-state index in [1.54, 1.807) is 0 Å². The first kappa shape index (κ1) is 16.0. The Morgan fingerprint density at radius 1 is 1.19 bits per heavy atom. The number of hydrogen-bond acceptors (Lipinski definition) is 2. The van der Waals surface area contributed by atoms with Crippen LogP contribution in [0.1, 0.15) is 56.2 Å². The topological polar surface area (TPSA) is 46.3 Å². The highest BCUT2D eigenvalue weighted by Gasteiger charge is 2.31. The van der Waals surface area contributed by atoms with Gasteiger partial charge in [-0.25, -0.2) is 0 Å². The van der Waals surface area contributed by atoms with Crippen LogP contribution >= 0.6 is 0 Å². The second kappa shape index (κ2) is 7.08. The Morgan fingerprint density at radius 3 is 2.48 bits per heavy atom. The smallest absolute Gasteiger partial charge is 0.227 e. The molecule has 0 aliphatic heterocycles. The SMILES string of the molecule is Cc1ccc(C(C)N(C)C(=O)C2CCCCCC2N)cc1. The summed E-state index contributed by atoms with van der Waals surface area (Å²) < 4.78 is 0. The summed E-state index contributed by atoms with van der Waals surface area (Å²) in [5, 5.41) is 0. The molecule has 1 amide bonds. The van der Waals surface area contributed by atoms with Crippen LogP contribution in [-0.2, 0) is 4.79 Å². The van der Waals surface area contributed by atoms with Gasteiger partial charge in [-0.1, -0.05) is 49.1 Å². The minimum absolute atomic E-state index is 0.00889. The third kappa shape index (κ3) is 3.85. The minimum atomic E-state index is -0.00889. The van der Waals surface area contributed by atoms with Crippen LogP contribution in [0.4, 0.5) is 0 Å². The lowest BCUT2D eigenvalue weighted by Crippen LogP contribution is -2.43. The van der Waals surface area contributed by atoms with Gasteiger partial charge in [0.2, 0.25) is 5.91 Å². The molecule has 0 spiro atoms. The summed E-state index contributed by atoms with van der Waals surface area (Å²) in [7, 11) is 1.91. The van der Waals surface area contributed by atoms with Crippen molar-refractivity contribution in [1.29, 1.82) is 0 Å². The fourth-order valence-electron chi connectivity index (χ4n) is 3.16. The van der Waals surface area contributed by atoms with Gasteiger partial charge >= 0.3 is 0 Å². The van der Waals surface area contributed by atoms with Gasteiger partial charge in [-0.15, -0.1) is 0 Å². The first-order valence-corrected chi connectivity index (χ1v) is 8.09. The van der Waals surface area contributed by atoms with Crippen LogP contribution in [0.5, 0.6) is 0 Å². The molecule has 0 aromatic heterocycles. The summed E-state index contributed by atoms with van der Waals surface area (Å²) >= 11 is 0. The van der Waals surface area contributed by atoms with Gasteiger partial charge in [0, 0.05) is 13.1 Å². The van der Waals surface area contributed by atoms with Crippen LogP contribution in [0.25, 0.3) is 0 Å². The van der Waals surface area contributed by atoms with Gasteiger partial charge in [-0.05, 0) is 32.3 Å². The lowest BCUT2D eigenvalue weighted by Gasteiger charge is -2.31. The van der Waals surface area contributed by atoms with E-state index in [-0.39, 0.29) is 23.9 Å². The van der Waals surface area contributed by atoms with Gasteiger partial charge in [-0.2, -0.15) is 0 Å². The molecule has 2 rings (SSSR count). The normalized spacial score (nSPS) is 24.2. The van der Waals surface area contributed by atoms with Crippen molar-refractivity contribution in [2.45, 2.75) is 58.0 Å². The highest BCUT2D eigenvalue weighted by molar-refractivity contribution is 5.79. The average molecular weight is 288 g/mol. The van der Waals surface area contributed by atoms with Gasteiger partial charge in [0.25, 0.3) is 0 Å². The molecule has 2 N–H and O–H groups in total. The summed E-state index contributed by atoms with van der Waals surface area (Å²) in [5.41, 5.74) is 8.65. The number of hydrogen-bond donors (Lipinski definition) is 1. The zero-order chi connectivity index (χ0) is 15.4. The van der Waals surface area contributed by atoms with Crippen molar-refractivity contribution in [2.75, 3.05) is 7.05 Å². The second-order valence-corrected chi connectivity index (χ2v) is 6.44. The molecule has 1 aromatic carbocycles. The quantitative estimate of drug-likeness (QED) is 0.866. The molecular weight excluding hydrogens is 260 g/mol. The highest BCUT2D eigenvalue weighted by Crippen LogP contribution is 2.27. The van der Waals surface area contributed by atoms with E-state index in [1.807, 2.05) is 11.9 Å². The number of carbonyl (C=O) groups is 1. The molecule has 1 aliphatic rings. The number of nitrogens with zero attached hydrogens (tertiary/aromatic N) is 1. The van der Waals surface area contributed by atoms with Crippen molar-refractivity contribution in [3.63, 3.8) is 0 Å². The van der Waals surface area contributed by atoms with Crippen LogP contribution < -0.4 is 5.73 Å². The van der Waals surface area contributed by atoms with Crippen LogP contribution in [0.2, 0.25) is 0 Å². The third-order valence-electron chi connectivity index (χ3n) is 4.87. The highest BCUT2D eigenvalue weighted by atomic mass is 16.2. The van der Waals surface area contributed by atoms with Gasteiger partial charge in [-0.3, -0.25) is 4.79 Å². The summed E-state index contributed by atoms with van der Waals surface area (Å²) in [4.78, 5) is 14.7. The lowest BCUT2D eigenvalue weighted by molar-refractivity contribution is -0.137. The van der Waals surface area contributed by atoms with E-state index < -0.39 is 0 Å². The molecule has 0 bridgehead atoms. The number of rotatable bonds is 3. The lowest BCUT2D eigenvalue weighted by atomic mass is 9.93. The maximum Gasteiger partial charge on any atom is 0.227 e. The molecule has 21 heavy (non-hydrogen) atoms. The molecule has 0 radical (unpaired) electrons. The molecule has 1 saturated carbocycles. The number of amides is 1. The number of aryl methyl sites for hydroxylation is 1. The van der Waals surface area contributed by atoms with E-state index >= 15 is 0 Å². The molecule has 3 heteroatoms. The molecule has 1 aliphatic carbocycles. The third-order valence-corrected chi connectivity index (χ3v) is 4.87. The van der Waals surface area contributed by atoms with E-state index in [9.17, 15) is 4.79 Å². The van der Waals surface area contributed by atoms with Crippen molar-refractivity contribution in [3.05, 3.63) is 35.4 Å². The molecule has 1 fully saturated rings. The zero-order valence-corrected chi connectivity index (χ0v) is 13.5. The summed E-state index contributed by atoms with van der Waals surface area (Å²) in [6, 6.07) is 8.53. The standard InChI is InChI=1S/C18H28N2O/c1-13-9-11-15(12-10-13)14(2)20(3)18(21)16-7-5-4-6-8-17(16)19/h9-12,14,16-17H,4-8,19H2,1-3H3.